The molecule has 9 nitrogen and oxygen atoms in total. The minimum atomic E-state index is -4.55. The van der Waals surface area contributed by atoms with Gasteiger partial charge in [-0.05, 0) is 48.2 Å². The normalized spacial score (nSPS) is 16.9. The summed E-state index contributed by atoms with van der Waals surface area (Å²) in [5, 5.41) is 9.12. The Labute approximate surface area is 233 Å². The highest BCUT2D eigenvalue weighted by molar-refractivity contribution is 5.77. The number of aryl methyl sites for hydroxylation is 1. The second-order valence-corrected chi connectivity index (χ2v) is 9.76. The number of ether oxygens (including phenoxy) is 2. The van der Waals surface area contributed by atoms with Crippen LogP contribution in [0.4, 0.5) is 23.9 Å². The van der Waals surface area contributed by atoms with Crippen molar-refractivity contribution in [3.8, 4) is 16.9 Å². The van der Waals surface area contributed by atoms with E-state index in [2.05, 4.69) is 11.6 Å². The van der Waals surface area contributed by atoms with Crippen LogP contribution >= 0.6 is 0 Å². The number of carbonyl (C=O) groups is 2. The van der Waals surface area contributed by atoms with Crippen LogP contribution in [0.15, 0.2) is 60.9 Å². The van der Waals surface area contributed by atoms with Gasteiger partial charge in [-0.2, -0.15) is 13.2 Å². The Balaban J connectivity index is 1.50. The molecule has 0 unspecified atom stereocenters. The van der Waals surface area contributed by atoms with Gasteiger partial charge < -0.3 is 19.5 Å². The van der Waals surface area contributed by atoms with Crippen molar-refractivity contribution in [2.45, 2.75) is 38.1 Å². The minimum Gasteiger partial charge on any atom is -0.496 e. The zero-order chi connectivity index (χ0) is 29.3. The van der Waals surface area contributed by atoms with E-state index in [9.17, 15) is 22.8 Å². The molecule has 0 bridgehead atoms. The number of aromatic nitrogens is 2. The summed E-state index contributed by atoms with van der Waals surface area (Å²) in [5.41, 5.74) is 1.82. The SMILES string of the molecule is C=C1[C@@H](c2cccc(C(F)(F)F)c2)OC(=O)N1Cc1nc(N2CCC2)ncc1-c1cc(CCC(=O)O)ccc1OC. The molecule has 1 aromatic heterocycles. The maximum Gasteiger partial charge on any atom is 0.416 e. The summed E-state index contributed by atoms with van der Waals surface area (Å²) >= 11 is 0. The number of alkyl halides is 3. The third-order valence-corrected chi connectivity index (χ3v) is 7.09. The fourth-order valence-electron chi connectivity index (χ4n) is 4.74. The van der Waals surface area contributed by atoms with Crippen LogP contribution < -0.4 is 9.64 Å². The first-order chi connectivity index (χ1) is 19.5. The van der Waals surface area contributed by atoms with E-state index in [1.165, 1.54) is 24.1 Å². The van der Waals surface area contributed by atoms with Gasteiger partial charge >= 0.3 is 18.2 Å². The number of benzene rings is 2. The number of carboxylic acid groups (broad SMARTS) is 1. The molecular formula is C29H27F3N4O5. The van der Waals surface area contributed by atoms with Gasteiger partial charge in [0.05, 0.1) is 30.6 Å². The van der Waals surface area contributed by atoms with E-state index in [1.54, 1.807) is 24.4 Å². The molecule has 0 saturated carbocycles. The summed E-state index contributed by atoms with van der Waals surface area (Å²) < 4.78 is 51.0. The van der Waals surface area contributed by atoms with Crippen molar-refractivity contribution in [2.24, 2.45) is 0 Å². The minimum absolute atomic E-state index is 0.0562. The lowest BCUT2D eigenvalue weighted by Crippen LogP contribution is -2.38. The molecule has 2 fully saturated rings. The van der Waals surface area contributed by atoms with Crippen molar-refractivity contribution in [3.63, 3.8) is 0 Å². The number of aliphatic carboxylic acids is 1. The zero-order valence-corrected chi connectivity index (χ0v) is 22.1. The van der Waals surface area contributed by atoms with Crippen LogP contribution in [-0.4, -0.2) is 52.2 Å². The highest BCUT2D eigenvalue weighted by atomic mass is 19.4. The maximum atomic E-state index is 13.3. The topological polar surface area (TPSA) is 105 Å². The first-order valence-electron chi connectivity index (χ1n) is 12.9. The Bertz CT molecular complexity index is 1510. The number of hydrogen-bond donors (Lipinski definition) is 1. The first-order valence-corrected chi connectivity index (χ1v) is 12.9. The summed E-state index contributed by atoms with van der Waals surface area (Å²) in [6.45, 7) is 5.44. The third-order valence-electron chi connectivity index (χ3n) is 7.09. The van der Waals surface area contributed by atoms with Gasteiger partial charge in [-0.25, -0.2) is 14.8 Å². The maximum absolute atomic E-state index is 13.3. The van der Waals surface area contributed by atoms with Crippen LogP contribution in [-0.2, 0) is 28.7 Å². The van der Waals surface area contributed by atoms with Gasteiger partial charge in [0, 0.05) is 36.8 Å². The summed E-state index contributed by atoms with van der Waals surface area (Å²) in [4.78, 5) is 36.6. The fraction of sp³-hybridized carbons (Fsp3) is 0.310. The number of rotatable bonds is 9. The molecule has 2 aromatic carbocycles. The number of carbonyl (C=O) groups excluding carboxylic acids is 1. The van der Waals surface area contributed by atoms with Crippen LogP contribution in [0.5, 0.6) is 5.75 Å². The molecule has 214 valence electrons. The molecule has 1 N–H and O–H groups in total. The van der Waals surface area contributed by atoms with Gasteiger partial charge in [0.1, 0.15) is 5.75 Å². The van der Waals surface area contributed by atoms with Crippen molar-refractivity contribution in [1.82, 2.24) is 14.9 Å². The Kier molecular flexibility index (Phi) is 7.57. The molecule has 5 rings (SSSR count). The average Bonchev–Trinajstić information content (AvgIpc) is 3.19. The highest BCUT2D eigenvalue weighted by Gasteiger charge is 2.39. The van der Waals surface area contributed by atoms with E-state index >= 15 is 0 Å². The predicted molar refractivity (Wildman–Crippen MR) is 142 cm³/mol. The average molecular weight is 569 g/mol. The van der Waals surface area contributed by atoms with Gasteiger partial charge in [-0.1, -0.05) is 24.8 Å². The molecule has 2 aliphatic heterocycles. The van der Waals surface area contributed by atoms with Crippen molar-refractivity contribution in [1.29, 1.82) is 0 Å². The predicted octanol–water partition coefficient (Wildman–Crippen LogP) is 5.61. The summed E-state index contributed by atoms with van der Waals surface area (Å²) in [7, 11) is 1.50. The molecule has 1 amide bonds. The van der Waals surface area contributed by atoms with Gasteiger partial charge in [0.15, 0.2) is 6.10 Å². The van der Waals surface area contributed by atoms with E-state index in [-0.39, 0.29) is 24.2 Å². The number of nitrogens with zero attached hydrogens (tertiary/aromatic N) is 4. The largest absolute Gasteiger partial charge is 0.496 e. The Hall–Kier alpha value is -4.61. The molecule has 2 saturated heterocycles. The molecule has 0 aliphatic carbocycles. The Morgan fingerprint density at radius 3 is 2.63 bits per heavy atom. The van der Waals surface area contributed by atoms with Crippen molar-refractivity contribution < 1.29 is 37.3 Å². The Morgan fingerprint density at radius 2 is 1.98 bits per heavy atom. The smallest absolute Gasteiger partial charge is 0.416 e. The number of hydrogen-bond acceptors (Lipinski definition) is 7. The van der Waals surface area contributed by atoms with E-state index in [4.69, 9.17) is 19.6 Å². The molecule has 1 atom stereocenters. The highest BCUT2D eigenvalue weighted by Crippen LogP contribution is 2.40. The second kappa shape index (κ2) is 11.1. The fourth-order valence-corrected chi connectivity index (χ4v) is 4.74. The second-order valence-electron chi connectivity index (χ2n) is 9.76. The lowest BCUT2D eigenvalue weighted by molar-refractivity contribution is -0.138. The van der Waals surface area contributed by atoms with Gasteiger partial charge in [-0.3, -0.25) is 9.69 Å². The lowest BCUT2D eigenvalue weighted by Gasteiger charge is -2.31. The van der Waals surface area contributed by atoms with Gasteiger partial charge in [0.25, 0.3) is 0 Å². The number of halogens is 3. The molecule has 12 heteroatoms. The first kappa shape index (κ1) is 27.9. The van der Waals surface area contributed by atoms with Crippen LogP contribution in [0.2, 0.25) is 0 Å². The lowest BCUT2D eigenvalue weighted by atomic mass is 9.99. The number of amides is 1. The van der Waals surface area contributed by atoms with Crippen LogP contribution in [0.1, 0.15) is 41.3 Å². The third kappa shape index (κ3) is 5.81. The number of methoxy groups -OCH3 is 1. The van der Waals surface area contributed by atoms with Crippen molar-refractivity contribution in [2.75, 3.05) is 25.1 Å². The monoisotopic (exact) mass is 568 g/mol. The number of carboxylic acids is 1. The van der Waals surface area contributed by atoms with Crippen LogP contribution in [0.3, 0.4) is 0 Å². The molecular weight excluding hydrogens is 541 g/mol. The van der Waals surface area contributed by atoms with Crippen molar-refractivity contribution >= 4 is 18.0 Å². The number of cyclic esters (lactones) is 1. The molecule has 41 heavy (non-hydrogen) atoms. The van der Waals surface area contributed by atoms with Crippen LogP contribution in [0, 0.1) is 0 Å². The quantitative estimate of drug-likeness (QED) is 0.356. The summed E-state index contributed by atoms with van der Waals surface area (Å²) in [6.07, 6.45) is -3.56. The zero-order valence-electron chi connectivity index (χ0n) is 22.1. The van der Waals surface area contributed by atoms with Crippen molar-refractivity contribution in [3.05, 3.63) is 83.3 Å². The van der Waals surface area contributed by atoms with E-state index in [1.807, 2.05) is 4.90 Å². The van der Waals surface area contributed by atoms with E-state index < -0.39 is 29.9 Å². The number of anilines is 1. The standard InChI is InChI=1S/C29H27F3N4O5/c1-17-26(19-5-3-6-20(14-19)29(30,31)32)41-28(39)36(17)16-23-22(15-33-27(34-23)35-11-4-12-35)21-13-18(8-10-25(37)38)7-9-24(21)40-2/h3,5-7,9,13-15,26H,1,4,8,10-12,16H2,2H3,(H,37,38)/t26-/m0/s1. The van der Waals surface area contributed by atoms with Gasteiger partial charge in [0.2, 0.25) is 5.95 Å². The Morgan fingerprint density at radius 1 is 1.20 bits per heavy atom. The van der Waals surface area contributed by atoms with Gasteiger partial charge in [-0.15, -0.1) is 0 Å². The molecule has 0 spiro atoms. The summed E-state index contributed by atoms with van der Waals surface area (Å²) in [6, 6.07) is 9.91. The molecule has 0 radical (unpaired) electrons. The van der Waals surface area contributed by atoms with Crippen LogP contribution in [0.25, 0.3) is 11.1 Å². The molecule has 2 aliphatic rings. The van der Waals surface area contributed by atoms with E-state index in [0.29, 0.717) is 34.9 Å². The molecule has 3 heterocycles. The summed E-state index contributed by atoms with van der Waals surface area (Å²) in [5.74, 6) is 0.0468. The van der Waals surface area contributed by atoms with E-state index in [0.717, 1.165) is 37.2 Å². The molecule has 3 aromatic rings.